The number of fused-ring (bicyclic) bond motifs is 1. The van der Waals surface area contributed by atoms with Crippen LogP contribution < -0.4 is 10.1 Å². The van der Waals surface area contributed by atoms with Crippen LogP contribution in [-0.2, 0) is 6.54 Å². The van der Waals surface area contributed by atoms with Gasteiger partial charge in [0.05, 0.1) is 7.11 Å². The second-order valence-corrected chi connectivity index (χ2v) is 9.45. The van der Waals surface area contributed by atoms with E-state index in [1.54, 1.807) is 20.2 Å². The summed E-state index contributed by atoms with van der Waals surface area (Å²) in [6, 6.07) is 5.76. The van der Waals surface area contributed by atoms with Crippen LogP contribution >= 0.6 is 0 Å². The first kappa shape index (κ1) is 24.8. The molecule has 8 nitrogen and oxygen atoms in total. The van der Waals surface area contributed by atoms with Gasteiger partial charge in [0.1, 0.15) is 11.6 Å². The van der Waals surface area contributed by atoms with Gasteiger partial charge in [0.2, 0.25) is 11.7 Å². The Hall–Kier alpha value is -3.27. The van der Waals surface area contributed by atoms with Gasteiger partial charge in [-0.15, -0.1) is 0 Å². The molecule has 2 aromatic heterocycles. The number of aromatic nitrogens is 3. The quantitative estimate of drug-likeness (QED) is 0.479. The van der Waals surface area contributed by atoms with Crippen LogP contribution in [0.15, 0.2) is 30.6 Å². The van der Waals surface area contributed by atoms with Crippen molar-refractivity contribution in [1.82, 2.24) is 19.9 Å². The SMILES string of the molecule is CNc1ccnc(C(=O)O)n1.COc1cc(C)c2[nH]ccc2c1CN1CCC2(CC1)CC(F)(F)C2. The monoisotopic (exact) mass is 487 g/mol. The number of carboxylic acids is 1. The van der Waals surface area contributed by atoms with E-state index >= 15 is 0 Å². The normalized spacial score (nSPS) is 18.4. The number of halogens is 2. The fourth-order valence-corrected chi connectivity index (χ4v) is 5.19. The number of hydrogen-bond donors (Lipinski definition) is 3. The third kappa shape index (κ3) is 5.37. The second kappa shape index (κ2) is 9.77. The molecule has 1 spiro atoms. The zero-order valence-electron chi connectivity index (χ0n) is 20.2. The highest BCUT2D eigenvalue weighted by Crippen LogP contribution is 2.57. The number of hydrogen-bond acceptors (Lipinski definition) is 6. The van der Waals surface area contributed by atoms with Gasteiger partial charge in [-0.25, -0.2) is 23.5 Å². The molecule has 3 N–H and O–H groups in total. The Bertz CT molecular complexity index is 1200. The van der Waals surface area contributed by atoms with Gasteiger partial charge in [0.15, 0.2) is 0 Å². The van der Waals surface area contributed by atoms with Crippen molar-refractivity contribution < 1.29 is 23.4 Å². The van der Waals surface area contributed by atoms with E-state index in [4.69, 9.17) is 9.84 Å². The maximum atomic E-state index is 13.3. The number of alkyl halides is 2. The van der Waals surface area contributed by atoms with Gasteiger partial charge in [-0.2, -0.15) is 0 Å². The Kier molecular flexibility index (Phi) is 6.93. The molecule has 3 heterocycles. The van der Waals surface area contributed by atoms with Gasteiger partial charge in [-0.3, -0.25) is 4.90 Å². The number of methoxy groups -OCH3 is 1. The summed E-state index contributed by atoms with van der Waals surface area (Å²) in [6.45, 7) is 4.66. The molecule has 1 saturated carbocycles. The van der Waals surface area contributed by atoms with Gasteiger partial charge < -0.3 is 20.1 Å². The van der Waals surface area contributed by atoms with Crippen molar-refractivity contribution in [3.63, 3.8) is 0 Å². The van der Waals surface area contributed by atoms with E-state index in [0.29, 0.717) is 5.82 Å². The van der Waals surface area contributed by atoms with E-state index in [2.05, 4.69) is 44.2 Å². The van der Waals surface area contributed by atoms with Crippen LogP contribution in [0.1, 0.15) is 47.4 Å². The van der Waals surface area contributed by atoms with E-state index in [1.807, 2.05) is 6.20 Å². The van der Waals surface area contributed by atoms with E-state index in [-0.39, 0.29) is 24.1 Å². The number of anilines is 1. The largest absolute Gasteiger partial charge is 0.496 e. The van der Waals surface area contributed by atoms with Crippen molar-refractivity contribution in [2.24, 2.45) is 5.41 Å². The number of ether oxygens (including phenoxy) is 1. The van der Waals surface area contributed by atoms with E-state index in [0.717, 1.165) is 43.7 Å². The molecule has 2 aliphatic rings. The van der Waals surface area contributed by atoms with Gasteiger partial charge in [0, 0.05) is 55.3 Å². The van der Waals surface area contributed by atoms with Crippen LogP contribution in [0.25, 0.3) is 10.9 Å². The summed E-state index contributed by atoms with van der Waals surface area (Å²) in [7, 11) is 3.37. The van der Waals surface area contributed by atoms with Crippen molar-refractivity contribution in [2.75, 3.05) is 32.6 Å². The van der Waals surface area contributed by atoms with Crippen LogP contribution in [0.3, 0.4) is 0 Å². The second-order valence-electron chi connectivity index (χ2n) is 9.45. The lowest BCUT2D eigenvalue weighted by Gasteiger charge is -2.51. The minimum atomic E-state index is -2.42. The number of likely N-dealkylation sites (tertiary alicyclic amines) is 1. The smallest absolute Gasteiger partial charge is 0.374 e. The number of aromatic carboxylic acids is 1. The van der Waals surface area contributed by atoms with Crippen molar-refractivity contribution in [3.05, 3.63) is 47.5 Å². The lowest BCUT2D eigenvalue weighted by Crippen LogP contribution is -2.52. The first-order valence-electron chi connectivity index (χ1n) is 11.6. The molecule has 0 radical (unpaired) electrons. The molecule has 0 unspecified atom stereocenters. The number of nitrogens with zero attached hydrogens (tertiary/aromatic N) is 3. The molecule has 2 fully saturated rings. The molecule has 188 valence electrons. The minimum Gasteiger partial charge on any atom is -0.496 e. The molecule has 35 heavy (non-hydrogen) atoms. The molecule has 0 amide bonds. The zero-order valence-corrected chi connectivity index (χ0v) is 20.2. The summed E-state index contributed by atoms with van der Waals surface area (Å²) in [5.41, 5.74) is 3.41. The highest BCUT2D eigenvalue weighted by atomic mass is 19.3. The van der Waals surface area contributed by atoms with Crippen molar-refractivity contribution in [1.29, 1.82) is 0 Å². The zero-order chi connectivity index (χ0) is 25.2. The number of benzene rings is 1. The topological polar surface area (TPSA) is 103 Å². The lowest BCUT2D eigenvalue weighted by atomic mass is 9.61. The van der Waals surface area contributed by atoms with E-state index < -0.39 is 11.9 Å². The van der Waals surface area contributed by atoms with Crippen molar-refractivity contribution >= 4 is 22.7 Å². The molecule has 3 aromatic rings. The Labute approximate surface area is 202 Å². The molecule has 1 saturated heterocycles. The van der Waals surface area contributed by atoms with Crippen LogP contribution in [0, 0.1) is 12.3 Å². The van der Waals surface area contributed by atoms with E-state index in [1.165, 1.54) is 22.7 Å². The average Bonchev–Trinajstić information content (AvgIpc) is 3.32. The summed E-state index contributed by atoms with van der Waals surface area (Å²) in [5, 5.41) is 12.4. The van der Waals surface area contributed by atoms with Crippen LogP contribution in [0.5, 0.6) is 5.75 Å². The number of aromatic amines is 1. The Morgan fingerprint density at radius 2 is 2.00 bits per heavy atom. The highest BCUT2D eigenvalue weighted by molar-refractivity contribution is 5.88. The van der Waals surface area contributed by atoms with Crippen molar-refractivity contribution in [2.45, 2.75) is 45.1 Å². The molecule has 0 bridgehead atoms. The Morgan fingerprint density at radius 3 is 2.60 bits per heavy atom. The Balaban J connectivity index is 0.000000221. The maximum absolute atomic E-state index is 13.3. The molecule has 1 aliphatic carbocycles. The fraction of sp³-hybridized carbons (Fsp3) is 0.480. The summed E-state index contributed by atoms with van der Waals surface area (Å²) in [6.07, 6.45) is 5.29. The number of rotatable bonds is 5. The Morgan fingerprint density at radius 1 is 1.29 bits per heavy atom. The molecule has 0 atom stereocenters. The molecular formula is C25H31F2N5O3. The van der Waals surface area contributed by atoms with Gasteiger partial charge in [0.25, 0.3) is 0 Å². The first-order valence-corrected chi connectivity index (χ1v) is 11.6. The summed E-state index contributed by atoms with van der Waals surface area (Å²) in [4.78, 5) is 23.2. The summed E-state index contributed by atoms with van der Waals surface area (Å²) >= 11 is 0. The number of carboxylic acid groups (broad SMARTS) is 1. The highest BCUT2D eigenvalue weighted by Gasteiger charge is 2.56. The molecule has 1 aliphatic heterocycles. The molecule has 10 heteroatoms. The maximum Gasteiger partial charge on any atom is 0.374 e. The van der Waals surface area contributed by atoms with E-state index in [9.17, 15) is 13.6 Å². The third-order valence-electron chi connectivity index (χ3n) is 7.00. The predicted molar refractivity (Wildman–Crippen MR) is 129 cm³/mol. The number of H-pyrrole nitrogens is 1. The first-order chi connectivity index (χ1) is 16.6. The molecular weight excluding hydrogens is 456 g/mol. The lowest BCUT2D eigenvalue weighted by molar-refractivity contribution is -0.178. The molecule has 5 rings (SSSR count). The van der Waals surface area contributed by atoms with Gasteiger partial charge in [-0.1, -0.05) is 0 Å². The number of carbonyl (C=O) groups is 1. The number of piperidine rings is 1. The summed E-state index contributed by atoms with van der Waals surface area (Å²) in [5.74, 6) is -2.33. The van der Waals surface area contributed by atoms with Crippen LogP contribution in [-0.4, -0.2) is 64.1 Å². The van der Waals surface area contributed by atoms with Crippen LogP contribution in [0.2, 0.25) is 0 Å². The van der Waals surface area contributed by atoms with Crippen LogP contribution in [0.4, 0.5) is 14.6 Å². The summed E-state index contributed by atoms with van der Waals surface area (Å²) < 4.78 is 32.1. The predicted octanol–water partition coefficient (Wildman–Crippen LogP) is 4.71. The number of aryl methyl sites for hydroxylation is 1. The molecule has 1 aromatic carbocycles. The van der Waals surface area contributed by atoms with Gasteiger partial charge >= 0.3 is 5.97 Å². The minimum absolute atomic E-state index is 0.0871. The third-order valence-corrected chi connectivity index (χ3v) is 7.00. The van der Waals surface area contributed by atoms with Crippen molar-refractivity contribution in [3.8, 4) is 5.75 Å². The standard InChI is InChI=1S/C19H24F2N2O.C6H7N3O2/c1-13-9-16(24-2)15(14-3-6-22-17(13)14)10-23-7-4-18(5-8-23)11-19(20,21)12-18;1-7-4-2-3-8-5(9-4)6(10)11/h3,6,9,22H,4-5,7-8,10-12H2,1-2H3;2-3H,1H3,(H,10,11)(H,7,8,9). The fourth-order valence-electron chi connectivity index (χ4n) is 5.19. The number of nitrogens with one attached hydrogen (secondary N) is 2. The average molecular weight is 488 g/mol. The van der Waals surface area contributed by atoms with Gasteiger partial charge in [-0.05, 0) is 62.0 Å².